The number of anilines is 3. The van der Waals surface area contributed by atoms with Crippen molar-refractivity contribution in [2.45, 2.75) is 76.5 Å². The van der Waals surface area contributed by atoms with Gasteiger partial charge in [-0.15, -0.1) is 0 Å². The molecule has 11 rings (SSSR count). The summed E-state index contributed by atoms with van der Waals surface area (Å²) in [6.07, 6.45) is 9.96. The van der Waals surface area contributed by atoms with Gasteiger partial charge in [0.15, 0.2) is 5.82 Å². The topological polar surface area (TPSA) is 154 Å². The molecule has 8 heterocycles. The molecule has 372 valence electrons. The third-order valence-corrected chi connectivity index (χ3v) is 17.7. The lowest BCUT2D eigenvalue weighted by Gasteiger charge is -2.48. The summed E-state index contributed by atoms with van der Waals surface area (Å²) < 4.78 is 73.3. The Morgan fingerprint density at radius 3 is 2.28 bits per heavy atom. The van der Waals surface area contributed by atoms with Crippen molar-refractivity contribution in [1.82, 2.24) is 29.4 Å². The predicted octanol–water partition coefficient (Wildman–Crippen LogP) is 7.79. The van der Waals surface area contributed by atoms with E-state index in [2.05, 4.69) is 65.6 Å². The van der Waals surface area contributed by atoms with Gasteiger partial charge in [0, 0.05) is 104 Å². The molecule has 2 atom stereocenters. The average Bonchev–Trinajstić information content (AvgIpc) is 4.10. The SMILES string of the molecule is C=C1CCC(N2Cc3cc(N4CCC(CN5CCC6(CC5)CCN(c5ccc(-c7cnc8[nH]cc(C(=O)c9c(F)ccc(NS(=O)(=O)N%10CC[C@@H](F)C%10)c9F)c8c7)cc5)CC6)CC4)ccc3C2=O)C(=O)N1. The van der Waals surface area contributed by atoms with Gasteiger partial charge < -0.3 is 29.9 Å². The van der Waals surface area contributed by atoms with Crippen molar-refractivity contribution < 1.29 is 36.0 Å². The molecule has 5 fully saturated rings. The minimum atomic E-state index is -4.35. The number of carbonyl (C=O) groups is 3. The van der Waals surface area contributed by atoms with E-state index in [1.807, 2.05) is 18.2 Å². The lowest BCUT2D eigenvalue weighted by Crippen LogP contribution is -2.49. The molecule has 5 aromatic rings. The number of alkyl halides is 1. The van der Waals surface area contributed by atoms with Crippen LogP contribution >= 0.6 is 0 Å². The minimum absolute atomic E-state index is 0.00995. The Kier molecular flexibility index (Phi) is 12.4. The number of piperidine rings is 4. The molecule has 3 aromatic carbocycles. The van der Waals surface area contributed by atoms with Gasteiger partial charge in [0.05, 0.1) is 11.3 Å². The molecule has 6 aliphatic heterocycles. The van der Waals surface area contributed by atoms with Crippen molar-refractivity contribution in [2.24, 2.45) is 11.3 Å². The molecule has 18 heteroatoms. The first kappa shape index (κ1) is 47.1. The molecular weight excluding hydrogens is 932 g/mol. The second kappa shape index (κ2) is 18.7. The van der Waals surface area contributed by atoms with Crippen molar-refractivity contribution >= 4 is 55.9 Å². The third-order valence-electron chi connectivity index (χ3n) is 16.2. The number of allylic oxidation sites excluding steroid dienone is 1. The zero-order chi connectivity index (χ0) is 49.2. The van der Waals surface area contributed by atoms with E-state index in [1.165, 1.54) is 19.0 Å². The fourth-order valence-corrected chi connectivity index (χ4v) is 13.1. The first-order valence-corrected chi connectivity index (χ1v) is 26.3. The van der Waals surface area contributed by atoms with Crippen molar-refractivity contribution in [3.63, 3.8) is 0 Å². The van der Waals surface area contributed by atoms with E-state index in [0.29, 0.717) is 58.6 Å². The Hall–Kier alpha value is -6.24. The number of halogens is 3. The van der Waals surface area contributed by atoms with Crippen LogP contribution in [0.4, 0.5) is 30.2 Å². The molecule has 3 N–H and O–H groups in total. The number of likely N-dealkylation sites (tertiary alicyclic amines) is 1. The van der Waals surface area contributed by atoms with E-state index < -0.39 is 51.1 Å². The van der Waals surface area contributed by atoms with Gasteiger partial charge in [-0.25, -0.2) is 18.2 Å². The summed E-state index contributed by atoms with van der Waals surface area (Å²) in [4.78, 5) is 56.4. The number of fused-ring (bicyclic) bond motifs is 2. The smallest absolute Gasteiger partial charge is 0.301 e. The van der Waals surface area contributed by atoms with Crippen LogP contribution in [-0.2, 0) is 21.5 Å². The summed E-state index contributed by atoms with van der Waals surface area (Å²) in [6, 6.07) is 17.4. The molecule has 6 aliphatic rings. The fourth-order valence-electron chi connectivity index (χ4n) is 11.8. The van der Waals surface area contributed by atoms with Crippen LogP contribution in [0.25, 0.3) is 22.2 Å². The summed E-state index contributed by atoms with van der Waals surface area (Å²) in [5, 5.41) is 3.17. The Morgan fingerprint density at radius 2 is 1.56 bits per heavy atom. The molecule has 14 nitrogen and oxygen atoms in total. The number of rotatable bonds is 11. The van der Waals surface area contributed by atoms with Crippen molar-refractivity contribution in [3.05, 3.63) is 119 Å². The van der Waals surface area contributed by atoms with Gasteiger partial charge in [-0.1, -0.05) is 18.7 Å². The first-order valence-electron chi connectivity index (χ1n) is 24.9. The van der Waals surface area contributed by atoms with E-state index in [0.717, 1.165) is 110 Å². The minimum Gasteiger partial charge on any atom is -0.372 e. The fraction of sp³-hybridized carbons (Fsp3) is 0.434. The Balaban J connectivity index is 0.660. The first-order chi connectivity index (χ1) is 34.2. The maximum Gasteiger partial charge on any atom is 0.301 e. The summed E-state index contributed by atoms with van der Waals surface area (Å²) in [7, 11) is -4.35. The summed E-state index contributed by atoms with van der Waals surface area (Å²) in [5.74, 6) is -3.06. The second-order valence-corrected chi connectivity index (χ2v) is 22.1. The molecule has 2 aromatic heterocycles. The number of hydrogen-bond donors (Lipinski definition) is 3. The quantitative estimate of drug-likeness (QED) is 0.113. The number of aromatic nitrogens is 2. The van der Waals surface area contributed by atoms with E-state index >= 15 is 8.78 Å². The van der Waals surface area contributed by atoms with Crippen LogP contribution in [0.3, 0.4) is 0 Å². The number of nitrogens with zero attached hydrogens (tertiary/aromatic N) is 6. The molecule has 71 heavy (non-hydrogen) atoms. The number of carbonyl (C=O) groups excluding carboxylic acids is 3. The number of nitrogens with one attached hydrogen (secondary N) is 3. The monoisotopic (exact) mass is 989 g/mol. The Labute approximate surface area is 411 Å². The standard InChI is InChI=1S/C53H58F3N9O5S/c1-33-2-11-46(51(67)59-33)65-31-37-26-40(7-8-41(37)52(65)68)62-19-12-34(13-20-62)30-61-22-15-53(16-23-61)17-24-63(25-18-53)39-5-3-35(4-6-39)36-27-42-43(29-58-50(42)57-28-36)49(66)47-44(55)9-10-45(48(47)56)60-71(69,70)64-21-14-38(54)32-64/h3-10,26-29,34,38,46,60H,1-2,11-25,30-32H2,(H,57,58)(H,59,67)/t38-,46?/m1/s1. The van der Waals surface area contributed by atoms with Crippen LogP contribution < -0.4 is 19.8 Å². The van der Waals surface area contributed by atoms with E-state index in [9.17, 15) is 27.2 Å². The van der Waals surface area contributed by atoms with Gasteiger partial charge in [0.25, 0.3) is 5.91 Å². The molecule has 2 amide bonds. The molecule has 0 radical (unpaired) electrons. The average molecular weight is 990 g/mol. The third kappa shape index (κ3) is 9.18. The van der Waals surface area contributed by atoms with Gasteiger partial charge in [-0.2, -0.15) is 12.7 Å². The highest BCUT2D eigenvalue weighted by Crippen LogP contribution is 2.43. The molecule has 0 aliphatic carbocycles. The van der Waals surface area contributed by atoms with Crippen LogP contribution in [0.2, 0.25) is 0 Å². The second-order valence-electron chi connectivity index (χ2n) is 20.5. The summed E-state index contributed by atoms with van der Waals surface area (Å²) >= 11 is 0. The lowest BCUT2D eigenvalue weighted by atomic mass is 9.71. The molecular formula is C53H58F3N9O5S. The number of ketones is 1. The normalized spacial score (nSPS) is 22.4. The van der Waals surface area contributed by atoms with Gasteiger partial charge in [-0.3, -0.25) is 19.1 Å². The largest absolute Gasteiger partial charge is 0.372 e. The Bertz CT molecular complexity index is 3030. The molecule has 1 spiro atoms. The Morgan fingerprint density at radius 1 is 0.845 bits per heavy atom. The van der Waals surface area contributed by atoms with Crippen LogP contribution in [0.1, 0.15) is 89.6 Å². The predicted molar refractivity (Wildman–Crippen MR) is 266 cm³/mol. The van der Waals surface area contributed by atoms with Crippen LogP contribution in [0.5, 0.6) is 0 Å². The van der Waals surface area contributed by atoms with Gasteiger partial charge in [-0.05, 0) is 142 Å². The zero-order valence-corrected chi connectivity index (χ0v) is 40.4. The summed E-state index contributed by atoms with van der Waals surface area (Å²) in [5.41, 5.74) is 5.40. The molecule has 0 bridgehead atoms. The van der Waals surface area contributed by atoms with Gasteiger partial charge >= 0.3 is 10.2 Å². The van der Waals surface area contributed by atoms with Crippen LogP contribution in [0.15, 0.2) is 85.3 Å². The zero-order valence-electron chi connectivity index (χ0n) is 39.6. The maximum atomic E-state index is 15.8. The highest BCUT2D eigenvalue weighted by Gasteiger charge is 2.40. The van der Waals surface area contributed by atoms with E-state index in [-0.39, 0.29) is 36.9 Å². The number of amides is 2. The van der Waals surface area contributed by atoms with E-state index in [1.54, 1.807) is 17.2 Å². The summed E-state index contributed by atoms with van der Waals surface area (Å²) in [6.45, 7) is 11.2. The van der Waals surface area contributed by atoms with Gasteiger partial charge in [0.1, 0.15) is 23.7 Å². The van der Waals surface area contributed by atoms with Crippen LogP contribution in [0, 0.1) is 23.0 Å². The lowest BCUT2D eigenvalue weighted by molar-refractivity contribution is -0.126. The number of H-pyrrole nitrogens is 1. The molecule has 5 saturated heterocycles. The molecule has 0 saturated carbocycles. The van der Waals surface area contributed by atoms with Crippen molar-refractivity contribution in [3.8, 4) is 11.1 Å². The number of benzene rings is 3. The highest BCUT2D eigenvalue weighted by molar-refractivity contribution is 7.90. The van der Waals surface area contributed by atoms with Gasteiger partial charge in [0.2, 0.25) is 11.7 Å². The molecule has 1 unspecified atom stereocenters. The number of hydrogen-bond acceptors (Lipinski definition) is 9. The van der Waals surface area contributed by atoms with Crippen molar-refractivity contribution in [2.75, 3.05) is 73.4 Å². The van der Waals surface area contributed by atoms with Crippen molar-refractivity contribution in [1.29, 1.82) is 0 Å². The number of aromatic amines is 1. The maximum absolute atomic E-state index is 15.8. The van der Waals surface area contributed by atoms with Crippen LogP contribution in [-0.4, -0.2) is 121 Å². The number of pyridine rings is 1. The van der Waals surface area contributed by atoms with E-state index in [4.69, 9.17) is 0 Å². The highest BCUT2D eigenvalue weighted by atomic mass is 32.2.